The van der Waals surface area contributed by atoms with Gasteiger partial charge in [0.15, 0.2) is 0 Å². The maximum absolute atomic E-state index is 9.14. The molecule has 3 unspecified atom stereocenters. The lowest BCUT2D eigenvalue weighted by Crippen LogP contribution is -2.57. The summed E-state index contributed by atoms with van der Waals surface area (Å²) in [5.41, 5.74) is 0. The third-order valence-corrected chi connectivity index (χ3v) is 4.07. The third kappa shape index (κ3) is 4.84. The molecule has 0 bridgehead atoms. The molecular formula is C14H31N3O. The minimum absolute atomic E-state index is 0.278. The highest BCUT2D eigenvalue weighted by Crippen LogP contribution is 2.13. The minimum atomic E-state index is 0.278. The quantitative estimate of drug-likeness (QED) is 0.706. The van der Waals surface area contributed by atoms with Crippen molar-refractivity contribution in [2.24, 2.45) is 0 Å². The second-order valence-electron chi connectivity index (χ2n) is 5.75. The van der Waals surface area contributed by atoms with Crippen molar-refractivity contribution < 1.29 is 5.11 Å². The van der Waals surface area contributed by atoms with Crippen LogP contribution in [0.15, 0.2) is 0 Å². The SMILES string of the molecule is CCCNC(CCO)CN1CC(C)N(C)C(C)C1. The first-order valence-electron chi connectivity index (χ1n) is 7.37. The molecule has 3 atom stereocenters. The number of aliphatic hydroxyl groups excluding tert-OH is 1. The normalized spacial score (nSPS) is 28.5. The molecule has 0 aromatic carbocycles. The zero-order valence-electron chi connectivity index (χ0n) is 12.5. The highest BCUT2D eigenvalue weighted by Gasteiger charge is 2.27. The van der Waals surface area contributed by atoms with Crippen LogP contribution in [0, 0.1) is 0 Å². The van der Waals surface area contributed by atoms with Gasteiger partial charge in [-0.2, -0.15) is 0 Å². The Hall–Kier alpha value is -0.160. The maximum Gasteiger partial charge on any atom is 0.0446 e. The number of nitrogens with one attached hydrogen (secondary N) is 1. The summed E-state index contributed by atoms with van der Waals surface area (Å²) < 4.78 is 0. The molecular weight excluding hydrogens is 226 g/mol. The van der Waals surface area contributed by atoms with Gasteiger partial charge in [-0.1, -0.05) is 6.92 Å². The molecule has 0 aromatic heterocycles. The van der Waals surface area contributed by atoms with Crippen LogP contribution in [-0.4, -0.2) is 72.9 Å². The summed E-state index contributed by atoms with van der Waals surface area (Å²) in [7, 11) is 2.22. The molecule has 1 aliphatic rings. The predicted octanol–water partition coefficient (Wildman–Crippen LogP) is 0.761. The fourth-order valence-electron chi connectivity index (χ4n) is 2.74. The van der Waals surface area contributed by atoms with Gasteiger partial charge in [0.05, 0.1) is 0 Å². The molecule has 2 N–H and O–H groups in total. The van der Waals surface area contributed by atoms with E-state index in [1.165, 1.54) is 0 Å². The summed E-state index contributed by atoms with van der Waals surface area (Å²) in [6.07, 6.45) is 2.01. The Morgan fingerprint density at radius 1 is 1.28 bits per heavy atom. The van der Waals surface area contributed by atoms with Crippen molar-refractivity contribution >= 4 is 0 Å². The van der Waals surface area contributed by atoms with Crippen LogP contribution in [0.1, 0.15) is 33.6 Å². The van der Waals surface area contributed by atoms with Crippen LogP contribution in [0.2, 0.25) is 0 Å². The van der Waals surface area contributed by atoms with E-state index in [1.807, 2.05) is 0 Å². The molecule has 0 radical (unpaired) electrons. The van der Waals surface area contributed by atoms with Crippen molar-refractivity contribution in [1.82, 2.24) is 15.1 Å². The molecule has 0 aromatic rings. The van der Waals surface area contributed by atoms with Crippen LogP contribution in [-0.2, 0) is 0 Å². The highest BCUT2D eigenvalue weighted by molar-refractivity contribution is 4.85. The lowest BCUT2D eigenvalue weighted by atomic mass is 10.1. The second-order valence-corrected chi connectivity index (χ2v) is 5.75. The lowest BCUT2D eigenvalue weighted by molar-refractivity contribution is 0.0523. The number of nitrogens with zero attached hydrogens (tertiary/aromatic N) is 2. The van der Waals surface area contributed by atoms with Gasteiger partial charge in [-0.25, -0.2) is 0 Å². The zero-order chi connectivity index (χ0) is 13.5. The number of rotatable bonds is 7. The Kier molecular flexibility index (Phi) is 7.15. The van der Waals surface area contributed by atoms with Crippen molar-refractivity contribution in [2.75, 3.05) is 39.8 Å². The summed E-state index contributed by atoms with van der Waals surface area (Å²) in [4.78, 5) is 5.00. The van der Waals surface area contributed by atoms with E-state index in [4.69, 9.17) is 5.11 Å². The van der Waals surface area contributed by atoms with Crippen molar-refractivity contribution in [3.63, 3.8) is 0 Å². The molecule has 1 heterocycles. The molecule has 0 aliphatic carbocycles. The fraction of sp³-hybridized carbons (Fsp3) is 1.00. The number of hydrogen-bond donors (Lipinski definition) is 2. The largest absolute Gasteiger partial charge is 0.396 e. The zero-order valence-corrected chi connectivity index (χ0v) is 12.5. The molecule has 0 spiro atoms. The van der Waals surface area contributed by atoms with Gasteiger partial charge in [-0.15, -0.1) is 0 Å². The van der Waals surface area contributed by atoms with E-state index in [0.29, 0.717) is 18.1 Å². The van der Waals surface area contributed by atoms with Crippen LogP contribution >= 0.6 is 0 Å². The summed E-state index contributed by atoms with van der Waals surface area (Å²) in [5, 5.41) is 12.7. The first kappa shape index (κ1) is 15.9. The molecule has 0 saturated carbocycles. The van der Waals surface area contributed by atoms with Gasteiger partial charge in [0.25, 0.3) is 0 Å². The maximum atomic E-state index is 9.14. The minimum Gasteiger partial charge on any atom is -0.396 e. The summed E-state index contributed by atoms with van der Waals surface area (Å²) in [6, 6.07) is 1.67. The van der Waals surface area contributed by atoms with E-state index in [-0.39, 0.29) is 6.61 Å². The van der Waals surface area contributed by atoms with Gasteiger partial charge in [0.1, 0.15) is 0 Å². The van der Waals surface area contributed by atoms with Crippen LogP contribution in [0.25, 0.3) is 0 Å². The summed E-state index contributed by atoms with van der Waals surface area (Å²) >= 11 is 0. The highest BCUT2D eigenvalue weighted by atomic mass is 16.3. The van der Waals surface area contributed by atoms with E-state index < -0.39 is 0 Å². The number of hydrogen-bond acceptors (Lipinski definition) is 4. The molecule has 1 rings (SSSR count). The van der Waals surface area contributed by atoms with Gasteiger partial charge in [-0.05, 0) is 40.3 Å². The van der Waals surface area contributed by atoms with Gasteiger partial charge < -0.3 is 10.4 Å². The summed E-state index contributed by atoms with van der Waals surface area (Å²) in [6.45, 7) is 11.4. The number of aliphatic hydroxyl groups is 1. The molecule has 1 aliphatic heterocycles. The van der Waals surface area contributed by atoms with Crippen LogP contribution in [0.5, 0.6) is 0 Å². The van der Waals surface area contributed by atoms with Gasteiger partial charge in [0, 0.05) is 44.4 Å². The molecule has 18 heavy (non-hydrogen) atoms. The molecule has 1 fully saturated rings. The second kappa shape index (κ2) is 8.10. The van der Waals surface area contributed by atoms with Crippen LogP contribution < -0.4 is 5.32 Å². The monoisotopic (exact) mass is 257 g/mol. The lowest BCUT2D eigenvalue weighted by Gasteiger charge is -2.43. The standard InChI is InChI=1S/C14H31N3O/c1-5-7-15-14(6-8-18)11-17-9-12(2)16(4)13(3)10-17/h12-15,18H,5-11H2,1-4H3. The molecule has 1 saturated heterocycles. The molecule has 4 heteroatoms. The molecule has 108 valence electrons. The van der Waals surface area contributed by atoms with Crippen molar-refractivity contribution in [3.05, 3.63) is 0 Å². The van der Waals surface area contributed by atoms with E-state index in [2.05, 4.69) is 42.9 Å². The molecule has 4 nitrogen and oxygen atoms in total. The predicted molar refractivity (Wildman–Crippen MR) is 76.9 cm³/mol. The Morgan fingerprint density at radius 2 is 1.89 bits per heavy atom. The smallest absolute Gasteiger partial charge is 0.0446 e. The average Bonchev–Trinajstić information content (AvgIpc) is 2.33. The Bertz CT molecular complexity index is 213. The summed E-state index contributed by atoms with van der Waals surface area (Å²) in [5.74, 6) is 0. The number of piperazine rings is 1. The Balaban J connectivity index is 2.42. The van der Waals surface area contributed by atoms with Crippen molar-refractivity contribution in [2.45, 2.75) is 51.7 Å². The Labute approximate surface area is 112 Å². The van der Waals surface area contributed by atoms with E-state index in [1.54, 1.807) is 0 Å². The van der Waals surface area contributed by atoms with E-state index in [0.717, 1.165) is 39.0 Å². The van der Waals surface area contributed by atoms with Crippen molar-refractivity contribution in [1.29, 1.82) is 0 Å². The van der Waals surface area contributed by atoms with Crippen molar-refractivity contribution in [3.8, 4) is 0 Å². The third-order valence-electron chi connectivity index (χ3n) is 4.07. The molecule has 0 amide bonds. The van der Waals surface area contributed by atoms with Gasteiger partial charge >= 0.3 is 0 Å². The first-order valence-corrected chi connectivity index (χ1v) is 7.37. The van der Waals surface area contributed by atoms with E-state index in [9.17, 15) is 0 Å². The van der Waals surface area contributed by atoms with E-state index >= 15 is 0 Å². The average molecular weight is 257 g/mol. The van der Waals surface area contributed by atoms with Gasteiger partial charge in [-0.3, -0.25) is 9.80 Å². The van der Waals surface area contributed by atoms with Gasteiger partial charge in [0.2, 0.25) is 0 Å². The topological polar surface area (TPSA) is 38.7 Å². The fourth-order valence-corrected chi connectivity index (χ4v) is 2.74. The van der Waals surface area contributed by atoms with Crippen LogP contribution in [0.4, 0.5) is 0 Å². The first-order chi connectivity index (χ1) is 8.58. The Morgan fingerprint density at radius 3 is 2.39 bits per heavy atom. The number of likely N-dealkylation sites (N-methyl/N-ethyl adjacent to an activating group) is 1. The van der Waals surface area contributed by atoms with Crippen LogP contribution in [0.3, 0.4) is 0 Å².